The Labute approximate surface area is 202 Å². The minimum atomic E-state index is -5.56. The summed E-state index contributed by atoms with van der Waals surface area (Å²) in [4.78, 5) is 1.83. The van der Waals surface area contributed by atoms with E-state index in [1.54, 1.807) is 0 Å². The van der Waals surface area contributed by atoms with Gasteiger partial charge in [-0.1, -0.05) is 66.8 Å². The molecule has 4 rings (SSSR count). The van der Waals surface area contributed by atoms with Crippen LogP contribution in [-0.4, -0.2) is 51.3 Å². The lowest BCUT2D eigenvalue weighted by Crippen LogP contribution is -2.29. The van der Waals surface area contributed by atoms with Gasteiger partial charge in [0.2, 0.25) is 10.3 Å². The van der Waals surface area contributed by atoms with Crippen molar-refractivity contribution in [1.29, 1.82) is 0 Å². The van der Waals surface area contributed by atoms with Gasteiger partial charge in [-0.05, 0) is 33.5 Å². The highest BCUT2D eigenvalue weighted by atomic mass is 32.2. The Morgan fingerprint density at radius 1 is 1.03 bits per heavy atom. The molecule has 0 fully saturated rings. The third-order valence-corrected chi connectivity index (χ3v) is 6.97. The van der Waals surface area contributed by atoms with E-state index in [4.69, 9.17) is 0 Å². The predicted octanol–water partition coefficient (Wildman–Crippen LogP) is 4.06. The Bertz CT molecular complexity index is 1370. The van der Waals surface area contributed by atoms with Gasteiger partial charge in [-0.25, -0.2) is 9.82 Å². The van der Waals surface area contributed by atoms with Crippen LogP contribution in [0.2, 0.25) is 0 Å². The zero-order valence-electron chi connectivity index (χ0n) is 18.2. The molecule has 184 valence electrons. The first-order valence-electron chi connectivity index (χ1n) is 10.3. The summed E-state index contributed by atoms with van der Waals surface area (Å²) in [7, 11) is -5.56. The largest absolute Gasteiger partial charge is 0.516 e. The summed E-state index contributed by atoms with van der Waals surface area (Å²) in [5.74, 6) is 0.548. The normalized spacial score (nSPS) is 12.0. The number of benzene rings is 2. The summed E-state index contributed by atoms with van der Waals surface area (Å²) < 4.78 is 62.0. The van der Waals surface area contributed by atoms with E-state index in [0.29, 0.717) is 24.0 Å². The number of H-pyrrole nitrogens is 1. The van der Waals surface area contributed by atoms with Crippen LogP contribution >= 0.6 is 11.3 Å². The van der Waals surface area contributed by atoms with Crippen molar-refractivity contribution in [3.63, 3.8) is 0 Å². The highest BCUT2D eigenvalue weighted by molar-refractivity contribution is 7.93. The van der Waals surface area contributed by atoms with Crippen LogP contribution in [0.4, 0.5) is 23.4 Å². The molecule has 2 aromatic heterocycles. The molecule has 0 aliphatic carbocycles. The zero-order valence-corrected chi connectivity index (χ0v) is 19.8. The average Bonchev–Trinajstić information content (AvgIpc) is 3.51. The number of aromatic nitrogens is 6. The number of aromatic amines is 1. The van der Waals surface area contributed by atoms with Crippen molar-refractivity contribution in [2.24, 2.45) is 0 Å². The summed E-state index contributed by atoms with van der Waals surface area (Å²) >= 11 is 0.735. The molecule has 10 nitrogen and oxygen atoms in total. The predicted molar refractivity (Wildman–Crippen MR) is 125 cm³/mol. The molecule has 2 aromatic carbocycles. The summed E-state index contributed by atoms with van der Waals surface area (Å²) in [6, 6.07) is 15.4. The summed E-state index contributed by atoms with van der Waals surface area (Å²) in [5, 5.41) is 21.3. The first kappa shape index (κ1) is 24.5. The third-order valence-electron chi connectivity index (χ3n) is 4.87. The number of sulfonamides is 1. The fourth-order valence-electron chi connectivity index (χ4n) is 3.29. The molecular weight excluding hydrogens is 505 g/mol. The second kappa shape index (κ2) is 9.95. The molecule has 0 unspecified atom stereocenters. The number of anilines is 2. The van der Waals surface area contributed by atoms with Crippen LogP contribution in [0.1, 0.15) is 18.9 Å². The third kappa shape index (κ3) is 5.57. The lowest BCUT2D eigenvalue weighted by atomic mass is 9.98. The summed E-state index contributed by atoms with van der Waals surface area (Å²) in [5.41, 5.74) is -1.78. The average molecular weight is 525 g/mol. The van der Waals surface area contributed by atoms with Crippen LogP contribution in [-0.2, 0) is 16.6 Å². The fourth-order valence-corrected chi connectivity index (χ4v) is 4.80. The number of alkyl halides is 3. The monoisotopic (exact) mass is 524 g/mol. The molecule has 0 radical (unpaired) electrons. The van der Waals surface area contributed by atoms with Crippen LogP contribution in [0.5, 0.6) is 0 Å². The van der Waals surface area contributed by atoms with Crippen LogP contribution in [0.15, 0.2) is 48.5 Å². The van der Waals surface area contributed by atoms with Crippen LogP contribution in [0, 0.1) is 0 Å². The lowest BCUT2D eigenvalue weighted by Gasteiger charge is -2.20. The molecule has 15 heteroatoms. The van der Waals surface area contributed by atoms with Crippen molar-refractivity contribution < 1.29 is 21.6 Å². The van der Waals surface area contributed by atoms with E-state index in [9.17, 15) is 21.6 Å². The number of hydrogen-bond donors (Lipinski definition) is 2. The first-order chi connectivity index (χ1) is 16.7. The molecule has 0 saturated heterocycles. The van der Waals surface area contributed by atoms with Gasteiger partial charge in [-0.2, -0.15) is 21.6 Å². The van der Waals surface area contributed by atoms with Gasteiger partial charge in [0.1, 0.15) is 0 Å². The molecule has 0 bridgehead atoms. The van der Waals surface area contributed by atoms with Crippen LogP contribution < -0.4 is 9.62 Å². The second-order valence-corrected chi connectivity index (χ2v) is 9.98. The van der Waals surface area contributed by atoms with Crippen molar-refractivity contribution in [3.8, 4) is 22.5 Å². The second-order valence-electron chi connectivity index (χ2n) is 7.35. The van der Waals surface area contributed by atoms with Gasteiger partial charge in [0, 0.05) is 18.7 Å². The maximum Gasteiger partial charge on any atom is 0.516 e. The molecule has 0 atom stereocenters. The molecule has 2 heterocycles. The quantitative estimate of drug-likeness (QED) is 0.335. The summed E-state index contributed by atoms with van der Waals surface area (Å²) in [6.45, 7) is 2.89. The van der Waals surface area contributed by atoms with Gasteiger partial charge >= 0.3 is 15.5 Å². The number of rotatable bonds is 9. The maximum absolute atomic E-state index is 12.6. The smallest absolute Gasteiger partial charge is 0.342 e. The fraction of sp³-hybridized carbons (Fsp3) is 0.250. The van der Waals surface area contributed by atoms with Gasteiger partial charge in [-0.15, -0.1) is 15.3 Å². The van der Waals surface area contributed by atoms with Crippen molar-refractivity contribution in [3.05, 3.63) is 54.1 Å². The number of tetrazole rings is 1. The lowest BCUT2D eigenvalue weighted by molar-refractivity contribution is -0.0429. The van der Waals surface area contributed by atoms with Gasteiger partial charge in [0.05, 0.1) is 0 Å². The molecule has 2 N–H and O–H groups in total. The van der Waals surface area contributed by atoms with E-state index in [1.807, 2.05) is 60.4 Å². The number of hydrogen-bond acceptors (Lipinski definition) is 9. The molecule has 0 amide bonds. The van der Waals surface area contributed by atoms with E-state index in [-0.39, 0.29) is 0 Å². The van der Waals surface area contributed by atoms with E-state index < -0.39 is 20.7 Å². The highest BCUT2D eigenvalue weighted by Gasteiger charge is 2.46. The standard InChI is InChI=1S/C20H19F3N8O2S2/c1-2-11-31(19-27-26-18(34-19)28-35(32,33)20(21,22)23)12-13-7-9-14(10-8-13)15-5-3-4-6-16(15)17-24-29-30-25-17/h3-10H,2,11-12H2,1H3,(H,26,28)(H,24,25,29,30). The maximum atomic E-state index is 12.6. The Balaban J connectivity index is 1.52. The zero-order chi connectivity index (χ0) is 25.1. The molecule has 0 aliphatic rings. The van der Waals surface area contributed by atoms with Gasteiger partial charge in [-0.3, -0.25) is 0 Å². The van der Waals surface area contributed by atoms with Crippen molar-refractivity contribution in [2.75, 3.05) is 16.2 Å². The Morgan fingerprint density at radius 3 is 2.37 bits per heavy atom. The Kier molecular flexibility index (Phi) is 6.98. The number of nitrogens with one attached hydrogen (secondary N) is 2. The number of nitrogens with zero attached hydrogens (tertiary/aromatic N) is 6. The highest BCUT2D eigenvalue weighted by Crippen LogP contribution is 2.32. The molecular formula is C20H19F3N8O2S2. The van der Waals surface area contributed by atoms with E-state index >= 15 is 0 Å². The topological polar surface area (TPSA) is 130 Å². The van der Waals surface area contributed by atoms with E-state index in [2.05, 4.69) is 30.8 Å². The molecule has 35 heavy (non-hydrogen) atoms. The molecule has 0 saturated carbocycles. The van der Waals surface area contributed by atoms with Gasteiger partial charge < -0.3 is 4.90 Å². The molecule has 4 aromatic rings. The van der Waals surface area contributed by atoms with E-state index in [0.717, 1.165) is 40.0 Å². The Hall–Kier alpha value is -3.59. The van der Waals surface area contributed by atoms with Crippen LogP contribution in [0.3, 0.4) is 0 Å². The van der Waals surface area contributed by atoms with E-state index in [1.165, 1.54) is 4.72 Å². The Morgan fingerprint density at radius 2 is 1.74 bits per heavy atom. The molecule has 0 spiro atoms. The minimum Gasteiger partial charge on any atom is -0.342 e. The minimum absolute atomic E-state index is 0.305. The van der Waals surface area contributed by atoms with Crippen molar-refractivity contribution in [1.82, 2.24) is 30.8 Å². The SMILES string of the molecule is CCCN(Cc1ccc(-c2ccccc2-c2nnn[nH]2)cc1)c1nnc(NS(=O)(=O)C(F)(F)F)s1. The van der Waals surface area contributed by atoms with Crippen LogP contribution in [0.25, 0.3) is 22.5 Å². The summed E-state index contributed by atoms with van der Waals surface area (Å²) in [6.07, 6.45) is 0.736. The van der Waals surface area contributed by atoms with Gasteiger partial charge in [0.25, 0.3) is 0 Å². The first-order valence-corrected chi connectivity index (χ1v) is 12.6. The number of halogens is 3. The van der Waals surface area contributed by atoms with Gasteiger partial charge in [0.15, 0.2) is 5.82 Å². The van der Waals surface area contributed by atoms with Crippen molar-refractivity contribution >= 4 is 31.6 Å². The van der Waals surface area contributed by atoms with Crippen molar-refractivity contribution in [2.45, 2.75) is 25.4 Å². The molecule has 0 aliphatic heterocycles.